The van der Waals surface area contributed by atoms with Gasteiger partial charge in [0, 0.05) is 17.3 Å². The van der Waals surface area contributed by atoms with Gasteiger partial charge in [0.25, 0.3) is 0 Å². The minimum Gasteiger partial charge on any atom is -0.506 e. The van der Waals surface area contributed by atoms with Gasteiger partial charge in [0.15, 0.2) is 0 Å². The predicted molar refractivity (Wildman–Crippen MR) is 88.5 cm³/mol. The summed E-state index contributed by atoms with van der Waals surface area (Å²) in [5.74, 6) is 1.11. The molecule has 0 spiro atoms. The molecule has 1 atom stereocenters. The second-order valence-corrected chi connectivity index (χ2v) is 6.06. The normalized spacial score (nSPS) is 18.2. The Kier molecular flexibility index (Phi) is 3.19. The van der Waals surface area contributed by atoms with E-state index in [-0.39, 0.29) is 11.8 Å². The molecule has 1 unspecified atom stereocenters. The Balaban J connectivity index is 1.75. The summed E-state index contributed by atoms with van der Waals surface area (Å²) >= 11 is 6.12. The monoisotopic (exact) mass is 313 g/mol. The number of aromatic hydroxyl groups is 1. The summed E-state index contributed by atoms with van der Waals surface area (Å²) in [6.45, 7) is 0.980. The molecule has 4 nitrogen and oxygen atoms in total. The molecule has 2 heterocycles. The summed E-state index contributed by atoms with van der Waals surface area (Å²) in [6, 6.07) is 13.5. The highest BCUT2D eigenvalue weighted by atomic mass is 35.5. The van der Waals surface area contributed by atoms with Crippen LogP contribution in [0.3, 0.4) is 0 Å². The van der Waals surface area contributed by atoms with E-state index in [0.717, 1.165) is 41.4 Å². The van der Waals surface area contributed by atoms with Gasteiger partial charge in [-0.3, -0.25) is 0 Å². The zero-order valence-electron chi connectivity index (χ0n) is 12.0. The lowest BCUT2D eigenvalue weighted by molar-refractivity contribution is 0.480. The molecule has 22 heavy (non-hydrogen) atoms. The summed E-state index contributed by atoms with van der Waals surface area (Å²) in [4.78, 5) is 10.3. The third-order valence-corrected chi connectivity index (χ3v) is 4.45. The Morgan fingerprint density at radius 2 is 2.09 bits per heavy atom. The van der Waals surface area contributed by atoms with E-state index >= 15 is 0 Å². The van der Waals surface area contributed by atoms with Crippen molar-refractivity contribution >= 4 is 28.3 Å². The molecule has 1 aliphatic heterocycles. The number of hydrogen-bond donors (Lipinski definition) is 2. The lowest BCUT2D eigenvalue weighted by Gasteiger charge is -2.25. The molecule has 0 bridgehead atoms. The van der Waals surface area contributed by atoms with Gasteiger partial charge in [0.1, 0.15) is 17.1 Å². The van der Waals surface area contributed by atoms with Crippen LogP contribution in [-0.2, 0) is 0 Å². The van der Waals surface area contributed by atoms with Crippen molar-refractivity contribution in [2.24, 2.45) is 0 Å². The first-order valence-electron chi connectivity index (χ1n) is 7.42. The maximum absolute atomic E-state index is 9.93. The molecule has 0 radical (unpaired) electrons. The van der Waals surface area contributed by atoms with E-state index in [4.69, 9.17) is 11.6 Å². The molecule has 1 aromatic heterocycles. The van der Waals surface area contributed by atoms with Crippen LogP contribution in [0.1, 0.15) is 24.7 Å². The number of aromatic amines is 1. The van der Waals surface area contributed by atoms with E-state index in [9.17, 15) is 5.11 Å². The Labute approximate surface area is 133 Å². The fourth-order valence-corrected chi connectivity index (χ4v) is 3.39. The Morgan fingerprint density at radius 1 is 1.23 bits per heavy atom. The average molecular weight is 314 g/mol. The zero-order chi connectivity index (χ0) is 15.1. The van der Waals surface area contributed by atoms with Crippen LogP contribution in [0.2, 0.25) is 5.02 Å². The number of hydrogen-bond acceptors (Lipinski definition) is 3. The van der Waals surface area contributed by atoms with Gasteiger partial charge in [-0.2, -0.15) is 0 Å². The van der Waals surface area contributed by atoms with Gasteiger partial charge in [0.2, 0.25) is 0 Å². The highest BCUT2D eigenvalue weighted by molar-refractivity contribution is 6.30. The molecule has 1 saturated heterocycles. The number of nitrogens with one attached hydrogen (secondary N) is 1. The molecule has 1 fully saturated rings. The molecular formula is C17H16ClN3O. The second-order valence-electron chi connectivity index (χ2n) is 5.63. The molecule has 2 aromatic carbocycles. The molecule has 2 N–H and O–H groups in total. The maximum Gasteiger partial charge on any atom is 0.143 e. The predicted octanol–water partition coefficient (Wildman–Crippen LogP) is 4.26. The number of phenols is 1. The van der Waals surface area contributed by atoms with E-state index in [2.05, 4.69) is 20.9 Å². The van der Waals surface area contributed by atoms with Crippen LogP contribution in [0.25, 0.3) is 11.0 Å². The number of halogens is 1. The summed E-state index contributed by atoms with van der Waals surface area (Å²) in [7, 11) is 0. The number of imidazole rings is 1. The van der Waals surface area contributed by atoms with Crippen molar-refractivity contribution in [3.63, 3.8) is 0 Å². The van der Waals surface area contributed by atoms with E-state index in [1.807, 2.05) is 30.3 Å². The van der Waals surface area contributed by atoms with Crippen molar-refractivity contribution in [2.45, 2.75) is 18.9 Å². The van der Waals surface area contributed by atoms with Crippen LogP contribution >= 0.6 is 11.6 Å². The molecular weight excluding hydrogens is 298 g/mol. The minimum absolute atomic E-state index is 0.185. The van der Waals surface area contributed by atoms with E-state index in [1.54, 1.807) is 6.07 Å². The molecule has 0 saturated carbocycles. The van der Waals surface area contributed by atoms with Crippen LogP contribution in [0.4, 0.5) is 5.69 Å². The highest BCUT2D eigenvalue weighted by Crippen LogP contribution is 2.37. The van der Waals surface area contributed by atoms with Gasteiger partial charge in [0.05, 0.1) is 11.6 Å². The van der Waals surface area contributed by atoms with Crippen molar-refractivity contribution in [3.05, 3.63) is 53.3 Å². The first-order valence-corrected chi connectivity index (χ1v) is 7.80. The van der Waals surface area contributed by atoms with Gasteiger partial charge in [-0.15, -0.1) is 0 Å². The molecule has 4 rings (SSSR count). The molecule has 0 aliphatic carbocycles. The minimum atomic E-state index is 0.185. The van der Waals surface area contributed by atoms with Crippen LogP contribution < -0.4 is 4.90 Å². The smallest absolute Gasteiger partial charge is 0.143 e. The van der Waals surface area contributed by atoms with Crippen molar-refractivity contribution in [3.8, 4) is 5.75 Å². The highest BCUT2D eigenvalue weighted by Gasteiger charge is 2.29. The first kappa shape index (κ1) is 13.5. The fraction of sp³-hybridized carbons (Fsp3) is 0.235. The van der Waals surface area contributed by atoms with Gasteiger partial charge in [-0.25, -0.2) is 4.98 Å². The Bertz CT molecular complexity index is 830. The maximum atomic E-state index is 9.93. The van der Waals surface area contributed by atoms with Gasteiger partial charge < -0.3 is 15.0 Å². The largest absolute Gasteiger partial charge is 0.506 e. The lowest BCUT2D eigenvalue weighted by Crippen LogP contribution is -2.23. The van der Waals surface area contributed by atoms with Crippen LogP contribution in [-0.4, -0.2) is 21.6 Å². The standard InChI is InChI=1S/C17H16ClN3O/c18-11-4-1-5-12(10-11)21-9-3-7-14(21)17-19-13-6-2-8-15(22)16(13)20-17/h1-2,4-6,8,10,14,22H,3,7,9H2,(H,19,20). The second kappa shape index (κ2) is 5.21. The molecule has 0 amide bonds. The van der Waals surface area contributed by atoms with Gasteiger partial charge in [-0.1, -0.05) is 23.7 Å². The third kappa shape index (κ3) is 2.20. The van der Waals surface area contributed by atoms with Crippen molar-refractivity contribution in [2.75, 3.05) is 11.4 Å². The van der Waals surface area contributed by atoms with E-state index in [0.29, 0.717) is 5.52 Å². The quantitative estimate of drug-likeness (QED) is 0.743. The summed E-state index contributed by atoms with van der Waals surface area (Å²) in [5, 5.41) is 10.7. The third-order valence-electron chi connectivity index (χ3n) is 4.22. The number of para-hydroxylation sites is 1. The number of benzene rings is 2. The van der Waals surface area contributed by atoms with Crippen molar-refractivity contribution in [1.29, 1.82) is 0 Å². The average Bonchev–Trinajstić information content (AvgIpc) is 3.14. The first-order chi connectivity index (χ1) is 10.7. The summed E-state index contributed by atoms with van der Waals surface area (Å²) in [5.41, 5.74) is 2.61. The molecule has 1 aliphatic rings. The van der Waals surface area contributed by atoms with E-state index in [1.165, 1.54) is 0 Å². The number of H-pyrrole nitrogens is 1. The lowest BCUT2D eigenvalue weighted by atomic mass is 10.2. The number of fused-ring (bicyclic) bond motifs is 1. The van der Waals surface area contributed by atoms with Gasteiger partial charge >= 0.3 is 0 Å². The Hall–Kier alpha value is -2.20. The molecule has 112 valence electrons. The van der Waals surface area contributed by atoms with Crippen molar-refractivity contribution < 1.29 is 5.11 Å². The SMILES string of the molecule is Oc1cccc2[nH]c(C3CCCN3c3cccc(Cl)c3)nc12. The van der Waals surface area contributed by atoms with Gasteiger partial charge in [-0.05, 0) is 43.2 Å². The number of nitrogens with zero attached hydrogens (tertiary/aromatic N) is 2. The summed E-state index contributed by atoms with van der Waals surface area (Å²) in [6.07, 6.45) is 2.15. The Morgan fingerprint density at radius 3 is 2.91 bits per heavy atom. The van der Waals surface area contributed by atoms with Crippen LogP contribution in [0.5, 0.6) is 5.75 Å². The van der Waals surface area contributed by atoms with E-state index < -0.39 is 0 Å². The number of anilines is 1. The number of rotatable bonds is 2. The molecule has 5 heteroatoms. The number of phenolic OH excluding ortho intramolecular Hbond substituents is 1. The molecule has 3 aromatic rings. The number of aromatic nitrogens is 2. The zero-order valence-corrected chi connectivity index (χ0v) is 12.7. The van der Waals surface area contributed by atoms with Crippen LogP contribution in [0.15, 0.2) is 42.5 Å². The summed E-state index contributed by atoms with van der Waals surface area (Å²) < 4.78 is 0. The van der Waals surface area contributed by atoms with Crippen LogP contribution in [0, 0.1) is 0 Å². The fourth-order valence-electron chi connectivity index (χ4n) is 3.21. The topological polar surface area (TPSA) is 52.1 Å². The van der Waals surface area contributed by atoms with Crippen molar-refractivity contribution in [1.82, 2.24) is 9.97 Å².